The molecule has 0 amide bonds. The van der Waals surface area contributed by atoms with Crippen molar-refractivity contribution in [3.63, 3.8) is 0 Å². The molecule has 0 spiro atoms. The summed E-state index contributed by atoms with van der Waals surface area (Å²) < 4.78 is 0. The third kappa shape index (κ3) is 13.9. The van der Waals surface area contributed by atoms with Crippen LogP contribution in [0.4, 0.5) is 0 Å². The molecule has 0 rings (SSSR count). The molecule has 1 unspecified atom stereocenters. The van der Waals surface area contributed by atoms with Gasteiger partial charge in [0.15, 0.2) is 0 Å². The Morgan fingerprint density at radius 1 is 1.15 bits per heavy atom. The van der Waals surface area contributed by atoms with Crippen molar-refractivity contribution in [2.75, 3.05) is 0 Å². The summed E-state index contributed by atoms with van der Waals surface area (Å²) in [5.41, 5.74) is 0. The summed E-state index contributed by atoms with van der Waals surface area (Å²) >= 11 is 0. The van der Waals surface area contributed by atoms with Gasteiger partial charge < -0.3 is 10.2 Å². The molecule has 0 saturated carbocycles. The van der Waals surface area contributed by atoms with E-state index in [0.29, 0.717) is 6.42 Å². The second-order valence-electron chi connectivity index (χ2n) is 2.64. The van der Waals surface area contributed by atoms with E-state index in [1.165, 1.54) is 0 Å². The minimum Gasteiger partial charge on any atom is -0.481 e. The van der Waals surface area contributed by atoms with E-state index in [0.717, 1.165) is 0 Å². The second kappa shape index (κ2) is 9.03. The molecule has 0 aliphatic carbocycles. The quantitative estimate of drug-likeness (QED) is 0.695. The van der Waals surface area contributed by atoms with Gasteiger partial charge in [0.1, 0.15) is 0 Å². The highest BCUT2D eigenvalue weighted by Gasteiger charge is 2.08. The second-order valence-corrected chi connectivity index (χ2v) is 2.64. The summed E-state index contributed by atoms with van der Waals surface area (Å²) in [6.45, 7) is 5.73. The van der Waals surface area contributed by atoms with E-state index in [9.17, 15) is 9.59 Å². The lowest BCUT2D eigenvalue weighted by Crippen LogP contribution is -2.06. The van der Waals surface area contributed by atoms with Crippen LogP contribution in [0, 0.1) is 5.92 Å². The molecule has 0 aliphatic heterocycles. The van der Waals surface area contributed by atoms with Gasteiger partial charge in [0.2, 0.25) is 0 Å². The van der Waals surface area contributed by atoms with Crippen molar-refractivity contribution in [1.29, 1.82) is 0 Å². The smallest absolute Gasteiger partial charge is 0.303 e. The summed E-state index contributed by atoms with van der Waals surface area (Å²) in [6.07, 6.45) is 0.531. The molecule has 4 heteroatoms. The molecule has 2 N–H and O–H groups in total. The highest BCUT2D eigenvalue weighted by atomic mass is 16.4. The molecule has 0 bridgehead atoms. The molecule has 0 aromatic heterocycles. The molecule has 13 heavy (non-hydrogen) atoms. The zero-order chi connectivity index (χ0) is 10.9. The Kier molecular flexibility index (Phi) is 10.0. The van der Waals surface area contributed by atoms with E-state index in [4.69, 9.17) is 10.2 Å². The molecule has 78 valence electrons. The first kappa shape index (κ1) is 14.5. The fourth-order valence-corrected chi connectivity index (χ4v) is 0.770. The number of carbonyl (C=O) groups is 2. The Hall–Kier alpha value is -1.06. The van der Waals surface area contributed by atoms with Crippen molar-refractivity contribution in [1.82, 2.24) is 0 Å². The van der Waals surface area contributed by atoms with Crippen LogP contribution in [0.5, 0.6) is 0 Å². The van der Waals surface area contributed by atoms with Crippen molar-refractivity contribution in [2.24, 2.45) is 5.92 Å². The minimum atomic E-state index is -0.873. The van der Waals surface area contributed by atoms with Crippen LogP contribution in [-0.4, -0.2) is 22.2 Å². The van der Waals surface area contributed by atoms with E-state index in [-0.39, 0.29) is 18.8 Å². The molecule has 0 heterocycles. The van der Waals surface area contributed by atoms with Crippen LogP contribution >= 0.6 is 0 Å². The maximum absolute atomic E-state index is 10.1. The topological polar surface area (TPSA) is 74.6 Å². The molecule has 0 aliphatic rings. The van der Waals surface area contributed by atoms with Crippen LogP contribution in [0.2, 0.25) is 0 Å². The highest BCUT2D eigenvalue weighted by Crippen LogP contribution is 2.09. The van der Waals surface area contributed by atoms with Gasteiger partial charge in [-0.25, -0.2) is 0 Å². The van der Waals surface area contributed by atoms with E-state index in [2.05, 4.69) is 0 Å². The van der Waals surface area contributed by atoms with Gasteiger partial charge in [-0.05, 0) is 12.3 Å². The predicted molar refractivity (Wildman–Crippen MR) is 49.6 cm³/mol. The zero-order valence-electron chi connectivity index (χ0n) is 8.41. The lowest BCUT2D eigenvalue weighted by atomic mass is 10.0. The Morgan fingerprint density at radius 3 is 1.92 bits per heavy atom. The number of hydrogen-bond acceptors (Lipinski definition) is 2. The van der Waals surface area contributed by atoms with Crippen molar-refractivity contribution >= 4 is 11.9 Å². The SMILES string of the molecule is CC.CC(CCC(=O)O)CC(=O)O. The van der Waals surface area contributed by atoms with Crippen LogP contribution < -0.4 is 0 Å². The number of aliphatic carboxylic acids is 2. The van der Waals surface area contributed by atoms with Gasteiger partial charge in [0, 0.05) is 12.8 Å². The number of hydrogen-bond donors (Lipinski definition) is 2. The Morgan fingerprint density at radius 2 is 1.62 bits per heavy atom. The van der Waals surface area contributed by atoms with Crippen molar-refractivity contribution in [3.8, 4) is 0 Å². The summed E-state index contributed by atoms with van der Waals surface area (Å²) in [4.78, 5) is 20.1. The predicted octanol–water partition coefficient (Wildman–Crippen LogP) is 1.99. The molecular weight excluding hydrogens is 172 g/mol. The fourth-order valence-electron chi connectivity index (χ4n) is 0.770. The Balaban J connectivity index is 0. The van der Waals surface area contributed by atoms with Gasteiger partial charge in [0.25, 0.3) is 0 Å². The van der Waals surface area contributed by atoms with E-state index in [1.807, 2.05) is 13.8 Å². The van der Waals surface area contributed by atoms with E-state index < -0.39 is 11.9 Å². The summed E-state index contributed by atoms with van der Waals surface area (Å²) in [7, 11) is 0. The van der Waals surface area contributed by atoms with Crippen LogP contribution in [0.15, 0.2) is 0 Å². The Bertz CT molecular complexity index is 154. The van der Waals surface area contributed by atoms with Gasteiger partial charge in [0.05, 0.1) is 0 Å². The first-order valence-corrected chi connectivity index (χ1v) is 4.46. The van der Waals surface area contributed by atoms with Gasteiger partial charge in [-0.15, -0.1) is 0 Å². The first-order valence-electron chi connectivity index (χ1n) is 4.46. The van der Waals surface area contributed by atoms with Crippen molar-refractivity contribution < 1.29 is 19.8 Å². The average molecular weight is 190 g/mol. The van der Waals surface area contributed by atoms with Crippen molar-refractivity contribution in [2.45, 2.75) is 40.0 Å². The van der Waals surface area contributed by atoms with Gasteiger partial charge in [-0.1, -0.05) is 20.8 Å². The van der Waals surface area contributed by atoms with Crippen molar-refractivity contribution in [3.05, 3.63) is 0 Å². The molecule has 0 fully saturated rings. The molecule has 0 aromatic carbocycles. The summed E-state index contributed by atoms with van der Waals surface area (Å²) in [5, 5.41) is 16.6. The summed E-state index contributed by atoms with van der Waals surface area (Å²) in [6, 6.07) is 0. The monoisotopic (exact) mass is 190 g/mol. The number of carboxylic acid groups (broad SMARTS) is 2. The molecule has 0 saturated heterocycles. The third-order valence-electron chi connectivity index (χ3n) is 1.37. The van der Waals surface area contributed by atoms with Gasteiger partial charge in [-0.3, -0.25) is 9.59 Å². The number of carboxylic acids is 2. The minimum absolute atomic E-state index is 0.0489. The molecule has 0 aromatic rings. The van der Waals surface area contributed by atoms with Gasteiger partial charge in [-0.2, -0.15) is 0 Å². The maximum Gasteiger partial charge on any atom is 0.303 e. The molecule has 1 atom stereocenters. The van der Waals surface area contributed by atoms with E-state index in [1.54, 1.807) is 6.92 Å². The zero-order valence-corrected chi connectivity index (χ0v) is 8.41. The van der Waals surface area contributed by atoms with Crippen LogP contribution in [0.3, 0.4) is 0 Å². The van der Waals surface area contributed by atoms with Gasteiger partial charge >= 0.3 is 11.9 Å². The van der Waals surface area contributed by atoms with E-state index >= 15 is 0 Å². The lowest BCUT2D eigenvalue weighted by Gasteiger charge is -2.04. The summed E-state index contributed by atoms with van der Waals surface area (Å²) in [5.74, 6) is -1.80. The Labute approximate surface area is 78.6 Å². The largest absolute Gasteiger partial charge is 0.481 e. The standard InChI is InChI=1S/C7H12O4.C2H6/c1-5(4-7(10)11)2-3-6(8)9;1-2/h5H,2-4H2,1H3,(H,8,9)(H,10,11);1-2H3. The third-order valence-corrected chi connectivity index (χ3v) is 1.37. The highest BCUT2D eigenvalue weighted by molar-refractivity contribution is 5.68. The maximum atomic E-state index is 10.1. The molecule has 4 nitrogen and oxygen atoms in total. The number of rotatable bonds is 5. The average Bonchev–Trinajstić information content (AvgIpc) is 2.03. The lowest BCUT2D eigenvalue weighted by molar-refractivity contribution is -0.140. The van der Waals surface area contributed by atoms with Crippen LogP contribution in [-0.2, 0) is 9.59 Å². The normalized spacial score (nSPS) is 11.0. The first-order chi connectivity index (χ1) is 6.02. The van der Waals surface area contributed by atoms with Crippen LogP contribution in [0.25, 0.3) is 0 Å². The molecular formula is C9H18O4. The molecule has 0 radical (unpaired) electrons. The van der Waals surface area contributed by atoms with Crippen LogP contribution in [0.1, 0.15) is 40.0 Å². The fraction of sp³-hybridized carbons (Fsp3) is 0.778.